The van der Waals surface area contributed by atoms with E-state index >= 15 is 0 Å². The lowest BCUT2D eigenvalue weighted by Gasteiger charge is -2.74. The van der Waals surface area contributed by atoms with Gasteiger partial charge in [-0.1, -0.05) is 23.7 Å². The standard InChI is InChI=1S/C23H20ClF3N6O/c24-15-3-1-14(2-4-15)17-10-29-18-16(9-28)19(30-33(18)20(17)34)31-5-7-32(8-6-31)22-11-21(12-22,13-22)23(25,26)27/h1-4,10,30H,5-8,11-13H2. The maximum Gasteiger partial charge on any atom is 0.394 e. The molecule has 1 saturated heterocycles. The van der Waals surface area contributed by atoms with Crippen LogP contribution in [0.2, 0.25) is 5.02 Å². The van der Waals surface area contributed by atoms with Crippen molar-refractivity contribution in [2.45, 2.75) is 31.0 Å². The van der Waals surface area contributed by atoms with E-state index in [-0.39, 0.29) is 41.6 Å². The average molecular weight is 489 g/mol. The summed E-state index contributed by atoms with van der Waals surface area (Å²) in [4.78, 5) is 21.7. The second kappa shape index (κ2) is 6.99. The fourth-order valence-electron chi connectivity index (χ4n) is 5.94. The van der Waals surface area contributed by atoms with E-state index in [1.54, 1.807) is 24.3 Å². The van der Waals surface area contributed by atoms with Crippen molar-refractivity contribution in [2.24, 2.45) is 5.41 Å². The molecule has 34 heavy (non-hydrogen) atoms. The quantitative estimate of drug-likeness (QED) is 0.606. The number of fused-ring (bicyclic) bond motifs is 1. The molecule has 1 aromatic carbocycles. The Morgan fingerprint density at radius 2 is 1.74 bits per heavy atom. The Labute approximate surface area is 197 Å². The molecule has 0 amide bonds. The number of aromatic amines is 1. The molecule has 0 radical (unpaired) electrons. The van der Waals surface area contributed by atoms with Crippen molar-refractivity contribution in [3.05, 3.63) is 51.4 Å². The minimum atomic E-state index is -4.12. The maximum absolute atomic E-state index is 13.2. The molecule has 0 unspecified atom stereocenters. The highest BCUT2D eigenvalue weighted by Gasteiger charge is 2.79. The monoisotopic (exact) mass is 488 g/mol. The second-order valence-electron chi connectivity index (χ2n) is 9.60. The minimum absolute atomic E-state index is 0.187. The maximum atomic E-state index is 13.2. The largest absolute Gasteiger partial charge is 0.394 e. The number of hydrogen-bond acceptors (Lipinski definition) is 5. The Morgan fingerprint density at radius 1 is 1.09 bits per heavy atom. The average Bonchev–Trinajstić information content (AvgIpc) is 3.12. The van der Waals surface area contributed by atoms with Crippen molar-refractivity contribution in [2.75, 3.05) is 31.1 Å². The molecule has 3 heterocycles. The van der Waals surface area contributed by atoms with Crippen LogP contribution in [0.3, 0.4) is 0 Å². The lowest BCUT2D eigenvalue weighted by atomic mass is 9.38. The first-order valence-electron chi connectivity index (χ1n) is 11.0. The van der Waals surface area contributed by atoms with Crippen LogP contribution in [0.25, 0.3) is 16.8 Å². The van der Waals surface area contributed by atoms with Gasteiger partial charge in [-0.2, -0.15) is 22.9 Å². The van der Waals surface area contributed by atoms with Crippen LogP contribution in [0.4, 0.5) is 19.0 Å². The van der Waals surface area contributed by atoms with Gasteiger partial charge in [0.05, 0.1) is 11.0 Å². The molecule has 2 aromatic heterocycles. The molecular formula is C23H20ClF3N6O. The predicted octanol–water partition coefficient (Wildman–Crippen LogP) is 3.82. The zero-order chi connectivity index (χ0) is 23.9. The number of alkyl halides is 3. The van der Waals surface area contributed by atoms with Crippen LogP contribution >= 0.6 is 11.6 Å². The van der Waals surface area contributed by atoms with Crippen LogP contribution in [0.15, 0.2) is 35.3 Å². The Morgan fingerprint density at radius 3 is 2.32 bits per heavy atom. The van der Waals surface area contributed by atoms with E-state index < -0.39 is 11.6 Å². The predicted molar refractivity (Wildman–Crippen MR) is 120 cm³/mol. The third-order valence-electron chi connectivity index (χ3n) is 7.78. The van der Waals surface area contributed by atoms with Gasteiger partial charge in [-0.05, 0) is 37.0 Å². The first-order chi connectivity index (χ1) is 16.2. The topological polar surface area (TPSA) is 80.4 Å². The van der Waals surface area contributed by atoms with E-state index in [0.29, 0.717) is 48.1 Å². The Bertz CT molecular complexity index is 1380. The lowest BCUT2D eigenvalue weighted by molar-refractivity contribution is -0.362. The number of benzene rings is 1. The van der Waals surface area contributed by atoms with Crippen LogP contribution in [-0.4, -0.2) is 57.4 Å². The van der Waals surface area contributed by atoms with Crippen LogP contribution in [0.1, 0.15) is 24.8 Å². The van der Waals surface area contributed by atoms with Crippen molar-refractivity contribution in [1.82, 2.24) is 19.5 Å². The zero-order valence-corrected chi connectivity index (χ0v) is 18.7. The first-order valence-corrected chi connectivity index (χ1v) is 11.4. The number of aromatic nitrogens is 3. The molecule has 2 bridgehead atoms. The Balaban J connectivity index is 1.25. The molecule has 1 N–H and O–H groups in total. The van der Waals surface area contributed by atoms with Crippen LogP contribution < -0.4 is 10.5 Å². The van der Waals surface area contributed by atoms with E-state index in [9.17, 15) is 23.2 Å². The number of nitrogens with one attached hydrogen (secondary N) is 1. The van der Waals surface area contributed by atoms with Gasteiger partial charge in [0.2, 0.25) is 0 Å². The first kappa shape index (κ1) is 21.5. The highest BCUT2D eigenvalue weighted by atomic mass is 35.5. The van der Waals surface area contributed by atoms with Crippen molar-refractivity contribution < 1.29 is 13.2 Å². The zero-order valence-electron chi connectivity index (χ0n) is 18.0. The molecule has 0 atom stereocenters. The highest BCUT2D eigenvalue weighted by Crippen LogP contribution is 2.75. The molecule has 1 aliphatic heterocycles. The van der Waals surface area contributed by atoms with E-state index in [4.69, 9.17) is 11.6 Å². The van der Waals surface area contributed by atoms with E-state index in [2.05, 4.69) is 21.1 Å². The van der Waals surface area contributed by atoms with Crippen LogP contribution in [-0.2, 0) is 0 Å². The minimum Gasteiger partial charge on any atom is -0.353 e. The molecule has 7 nitrogen and oxygen atoms in total. The number of nitriles is 1. The van der Waals surface area contributed by atoms with Gasteiger partial charge in [-0.25, -0.2) is 4.98 Å². The smallest absolute Gasteiger partial charge is 0.353 e. The van der Waals surface area contributed by atoms with Crippen molar-refractivity contribution in [3.63, 3.8) is 0 Å². The van der Waals surface area contributed by atoms with Gasteiger partial charge in [-0.15, -0.1) is 0 Å². The molecule has 0 spiro atoms. The van der Waals surface area contributed by atoms with Gasteiger partial charge >= 0.3 is 6.18 Å². The molecule has 176 valence electrons. The lowest BCUT2D eigenvalue weighted by Crippen LogP contribution is -2.80. The summed E-state index contributed by atoms with van der Waals surface area (Å²) in [5, 5.41) is 13.4. The summed E-state index contributed by atoms with van der Waals surface area (Å²) in [7, 11) is 0. The molecule has 4 aliphatic rings. The summed E-state index contributed by atoms with van der Waals surface area (Å²) in [5.41, 5.74) is -0.576. The number of nitrogens with zero attached hydrogens (tertiary/aromatic N) is 5. The van der Waals surface area contributed by atoms with Gasteiger partial charge in [0.25, 0.3) is 5.56 Å². The third kappa shape index (κ3) is 2.86. The van der Waals surface area contributed by atoms with Crippen molar-refractivity contribution in [3.8, 4) is 17.2 Å². The molecule has 4 fully saturated rings. The number of piperazine rings is 1. The van der Waals surface area contributed by atoms with Crippen LogP contribution in [0.5, 0.6) is 0 Å². The summed E-state index contributed by atoms with van der Waals surface area (Å²) in [6, 6.07) is 8.99. The Kier molecular flexibility index (Phi) is 4.42. The highest BCUT2D eigenvalue weighted by molar-refractivity contribution is 6.30. The molecule has 11 heteroatoms. The fraction of sp³-hybridized carbons (Fsp3) is 0.435. The summed E-state index contributed by atoms with van der Waals surface area (Å²) in [6.45, 7) is 2.29. The normalized spacial score (nSPS) is 26.7. The fourth-order valence-corrected chi connectivity index (χ4v) is 6.06. The van der Waals surface area contributed by atoms with Crippen molar-refractivity contribution >= 4 is 23.1 Å². The molecule has 3 saturated carbocycles. The number of hydrogen-bond donors (Lipinski definition) is 1. The summed E-state index contributed by atoms with van der Waals surface area (Å²) < 4.78 is 40.9. The van der Waals surface area contributed by atoms with E-state index in [0.717, 1.165) is 0 Å². The molecular weight excluding hydrogens is 469 g/mol. The van der Waals surface area contributed by atoms with Gasteiger partial charge in [-0.3, -0.25) is 14.8 Å². The van der Waals surface area contributed by atoms with Gasteiger partial charge in [0.1, 0.15) is 17.5 Å². The summed E-state index contributed by atoms with van der Waals surface area (Å²) in [6.07, 6.45) is -2.10. The molecule has 7 rings (SSSR count). The number of anilines is 1. The molecule has 3 aromatic rings. The van der Waals surface area contributed by atoms with Gasteiger partial charge in [0, 0.05) is 42.9 Å². The van der Waals surface area contributed by atoms with Crippen LogP contribution in [0, 0.1) is 16.7 Å². The van der Waals surface area contributed by atoms with Gasteiger partial charge in [0.15, 0.2) is 5.65 Å². The number of rotatable bonds is 3. The number of halogens is 4. The van der Waals surface area contributed by atoms with E-state index in [1.165, 1.54) is 10.7 Å². The third-order valence-corrected chi connectivity index (χ3v) is 8.03. The van der Waals surface area contributed by atoms with Crippen molar-refractivity contribution in [1.29, 1.82) is 5.26 Å². The number of H-pyrrole nitrogens is 1. The van der Waals surface area contributed by atoms with E-state index in [1.807, 2.05) is 4.90 Å². The van der Waals surface area contributed by atoms with Gasteiger partial charge < -0.3 is 4.90 Å². The molecule has 3 aliphatic carbocycles. The SMILES string of the molecule is N#Cc1c(N2CCN(C34CC(C(F)(F)F)(C3)C4)CC2)[nH]n2c(=O)c(-c3ccc(Cl)cc3)cnc12. The Hall–Kier alpha value is -3.03. The second-order valence-corrected chi connectivity index (χ2v) is 10.0. The summed E-state index contributed by atoms with van der Waals surface area (Å²) >= 11 is 5.94. The summed E-state index contributed by atoms with van der Waals surface area (Å²) in [5.74, 6) is 0.504.